The summed E-state index contributed by atoms with van der Waals surface area (Å²) in [6, 6.07) is 11.0. The number of nitrogens with zero attached hydrogens (tertiary/aromatic N) is 1. The van der Waals surface area contributed by atoms with Crippen LogP contribution in [-0.2, 0) is 14.8 Å². The first kappa shape index (κ1) is 19.6. The summed E-state index contributed by atoms with van der Waals surface area (Å²) in [4.78, 5) is 4.30. The molecular formula is C20H23ClN2O4S. The van der Waals surface area contributed by atoms with E-state index in [4.69, 9.17) is 21.1 Å². The van der Waals surface area contributed by atoms with Gasteiger partial charge in [0.25, 0.3) is 0 Å². The Kier molecular flexibility index (Phi) is 5.87. The monoisotopic (exact) mass is 422 g/mol. The Morgan fingerprint density at radius 1 is 1.14 bits per heavy atom. The summed E-state index contributed by atoms with van der Waals surface area (Å²) in [5, 5.41) is 0.369. The van der Waals surface area contributed by atoms with Crippen LogP contribution in [0.4, 0.5) is 0 Å². The van der Waals surface area contributed by atoms with Crippen molar-refractivity contribution in [2.75, 3.05) is 13.2 Å². The molecule has 28 heavy (non-hydrogen) atoms. The van der Waals surface area contributed by atoms with Crippen LogP contribution in [0.3, 0.4) is 0 Å². The highest BCUT2D eigenvalue weighted by Crippen LogP contribution is 2.29. The quantitative estimate of drug-likeness (QED) is 0.739. The zero-order chi connectivity index (χ0) is 19.6. The van der Waals surface area contributed by atoms with Crippen LogP contribution in [0.1, 0.15) is 25.7 Å². The standard InChI is InChI=1S/C20H23ClN2O4S/c21-15-5-10-18(22-12-15)14-3-6-16(7-4-14)27-13-20-19(2-1-11-26-20)23-28(24,25)17-8-9-17/h3-7,10,12,17,19-20,23H,1-2,8-9,11,13H2/t19-,20+/m0/s1. The van der Waals surface area contributed by atoms with E-state index >= 15 is 0 Å². The molecule has 0 spiro atoms. The second kappa shape index (κ2) is 8.37. The topological polar surface area (TPSA) is 77.5 Å². The van der Waals surface area contributed by atoms with Crippen LogP contribution in [0.5, 0.6) is 5.75 Å². The molecule has 0 bridgehead atoms. The minimum Gasteiger partial charge on any atom is -0.491 e. The maximum atomic E-state index is 12.3. The molecule has 0 amide bonds. The molecular weight excluding hydrogens is 400 g/mol. The number of halogens is 1. The third kappa shape index (κ3) is 4.84. The first-order chi connectivity index (χ1) is 13.5. The van der Waals surface area contributed by atoms with Gasteiger partial charge in [0.1, 0.15) is 18.5 Å². The van der Waals surface area contributed by atoms with Crippen LogP contribution < -0.4 is 9.46 Å². The molecule has 1 aliphatic carbocycles. The zero-order valence-electron chi connectivity index (χ0n) is 15.4. The van der Waals surface area contributed by atoms with E-state index < -0.39 is 10.0 Å². The van der Waals surface area contributed by atoms with E-state index in [1.165, 1.54) is 0 Å². The van der Waals surface area contributed by atoms with Crippen LogP contribution in [-0.4, -0.2) is 44.0 Å². The molecule has 8 heteroatoms. The van der Waals surface area contributed by atoms with E-state index in [2.05, 4.69) is 9.71 Å². The van der Waals surface area contributed by atoms with Crippen molar-refractivity contribution in [1.29, 1.82) is 0 Å². The second-order valence-electron chi connectivity index (χ2n) is 7.22. The predicted octanol–water partition coefficient (Wildman–Crippen LogP) is 3.41. The van der Waals surface area contributed by atoms with Gasteiger partial charge in [0.2, 0.25) is 10.0 Å². The number of rotatable bonds is 7. The third-order valence-corrected chi connectivity index (χ3v) is 7.21. The Labute approximate surface area is 170 Å². The van der Waals surface area contributed by atoms with Crippen molar-refractivity contribution >= 4 is 21.6 Å². The fourth-order valence-corrected chi connectivity index (χ4v) is 5.02. The van der Waals surface area contributed by atoms with Crippen LogP contribution >= 0.6 is 11.6 Å². The highest BCUT2D eigenvalue weighted by atomic mass is 35.5. The maximum absolute atomic E-state index is 12.3. The molecule has 2 fully saturated rings. The lowest BCUT2D eigenvalue weighted by atomic mass is 10.0. The Balaban J connectivity index is 1.36. The molecule has 4 rings (SSSR count). The summed E-state index contributed by atoms with van der Waals surface area (Å²) in [6.07, 6.45) is 4.43. The minimum atomic E-state index is -3.24. The number of hydrogen-bond acceptors (Lipinski definition) is 5. The Morgan fingerprint density at radius 3 is 2.61 bits per heavy atom. The van der Waals surface area contributed by atoms with Gasteiger partial charge in [-0.1, -0.05) is 11.6 Å². The first-order valence-electron chi connectivity index (χ1n) is 9.49. The number of sulfonamides is 1. The molecule has 1 aliphatic heterocycles. The lowest BCUT2D eigenvalue weighted by molar-refractivity contribution is -0.0279. The SMILES string of the molecule is O=S(=O)(N[C@H]1CCCO[C@@H]1COc1ccc(-c2ccc(Cl)cn2)cc1)C1CC1. The van der Waals surface area contributed by atoms with Gasteiger partial charge in [-0.2, -0.15) is 0 Å². The normalized spacial score (nSPS) is 22.8. The van der Waals surface area contributed by atoms with Gasteiger partial charge in [0.15, 0.2) is 0 Å². The number of benzene rings is 1. The first-order valence-corrected chi connectivity index (χ1v) is 11.4. The molecule has 1 aromatic carbocycles. The molecule has 2 heterocycles. The Morgan fingerprint density at radius 2 is 1.93 bits per heavy atom. The number of pyridine rings is 1. The molecule has 0 unspecified atom stereocenters. The summed E-state index contributed by atoms with van der Waals surface area (Å²) in [5.41, 5.74) is 1.80. The highest BCUT2D eigenvalue weighted by Gasteiger charge is 2.39. The average molecular weight is 423 g/mol. The molecule has 6 nitrogen and oxygen atoms in total. The minimum absolute atomic E-state index is 0.231. The van der Waals surface area contributed by atoms with E-state index in [0.29, 0.717) is 24.0 Å². The fraction of sp³-hybridized carbons (Fsp3) is 0.450. The van der Waals surface area contributed by atoms with Crippen molar-refractivity contribution in [3.63, 3.8) is 0 Å². The predicted molar refractivity (Wildman–Crippen MR) is 108 cm³/mol. The molecule has 2 aromatic rings. The van der Waals surface area contributed by atoms with E-state index in [0.717, 1.165) is 36.9 Å². The number of nitrogens with one attached hydrogen (secondary N) is 1. The van der Waals surface area contributed by atoms with Gasteiger partial charge in [-0.3, -0.25) is 4.98 Å². The Bertz CT molecular complexity index is 899. The van der Waals surface area contributed by atoms with Crippen LogP contribution in [0, 0.1) is 0 Å². The molecule has 2 atom stereocenters. The largest absolute Gasteiger partial charge is 0.491 e. The fourth-order valence-electron chi connectivity index (χ4n) is 3.27. The molecule has 1 N–H and O–H groups in total. The van der Waals surface area contributed by atoms with Crippen LogP contribution in [0.2, 0.25) is 5.02 Å². The lowest BCUT2D eigenvalue weighted by Crippen LogP contribution is -2.50. The zero-order valence-corrected chi connectivity index (χ0v) is 17.0. The summed E-state index contributed by atoms with van der Waals surface area (Å²) in [6.45, 7) is 0.924. The summed E-state index contributed by atoms with van der Waals surface area (Å²) < 4.78 is 39.0. The van der Waals surface area contributed by atoms with E-state index in [-0.39, 0.29) is 17.4 Å². The van der Waals surface area contributed by atoms with Crippen molar-refractivity contribution < 1.29 is 17.9 Å². The second-order valence-corrected chi connectivity index (χ2v) is 9.65. The van der Waals surface area contributed by atoms with Crippen molar-refractivity contribution in [1.82, 2.24) is 9.71 Å². The molecule has 1 saturated carbocycles. The van der Waals surface area contributed by atoms with E-state index in [9.17, 15) is 8.42 Å². The van der Waals surface area contributed by atoms with Gasteiger partial charge < -0.3 is 9.47 Å². The number of hydrogen-bond donors (Lipinski definition) is 1. The number of aromatic nitrogens is 1. The van der Waals surface area contributed by atoms with Gasteiger partial charge in [0.05, 0.1) is 22.0 Å². The molecule has 150 valence electrons. The van der Waals surface area contributed by atoms with Gasteiger partial charge in [0, 0.05) is 18.4 Å². The van der Waals surface area contributed by atoms with Crippen LogP contribution in [0.25, 0.3) is 11.3 Å². The summed E-state index contributed by atoms with van der Waals surface area (Å²) in [5.74, 6) is 0.704. The van der Waals surface area contributed by atoms with Gasteiger partial charge in [-0.15, -0.1) is 0 Å². The van der Waals surface area contributed by atoms with Gasteiger partial charge in [-0.25, -0.2) is 13.1 Å². The van der Waals surface area contributed by atoms with Gasteiger partial charge >= 0.3 is 0 Å². The molecule has 0 radical (unpaired) electrons. The number of ether oxygens (including phenoxy) is 2. The van der Waals surface area contributed by atoms with Crippen molar-refractivity contribution in [3.8, 4) is 17.0 Å². The van der Waals surface area contributed by atoms with Crippen molar-refractivity contribution in [2.45, 2.75) is 43.1 Å². The van der Waals surface area contributed by atoms with Crippen LogP contribution in [0.15, 0.2) is 42.6 Å². The summed E-state index contributed by atoms with van der Waals surface area (Å²) >= 11 is 5.87. The lowest BCUT2D eigenvalue weighted by Gasteiger charge is -2.32. The van der Waals surface area contributed by atoms with E-state index in [1.807, 2.05) is 30.3 Å². The molecule has 1 saturated heterocycles. The third-order valence-electron chi connectivity index (χ3n) is 5.01. The van der Waals surface area contributed by atoms with Crippen molar-refractivity contribution in [3.05, 3.63) is 47.6 Å². The van der Waals surface area contributed by atoms with E-state index in [1.54, 1.807) is 12.3 Å². The smallest absolute Gasteiger partial charge is 0.214 e. The summed E-state index contributed by atoms with van der Waals surface area (Å²) in [7, 11) is -3.24. The Hall–Kier alpha value is -1.67. The maximum Gasteiger partial charge on any atom is 0.214 e. The highest BCUT2D eigenvalue weighted by molar-refractivity contribution is 7.90. The molecule has 1 aromatic heterocycles. The van der Waals surface area contributed by atoms with Crippen molar-refractivity contribution in [2.24, 2.45) is 0 Å². The average Bonchev–Trinajstić information content (AvgIpc) is 3.54. The van der Waals surface area contributed by atoms with Gasteiger partial charge in [-0.05, 0) is 62.1 Å². The molecule has 2 aliphatic rings.